The zero-order valence-electron chi connectivity index (χ0n) is 14.5. The molecule has 0 fully saturated rings. The number of nitrogens with zero attached hydrogens (tertiary/aromatic N) is 2. The minimum atomic E-state index is 0.00930. The molecular formula is C19H19IN2O4. The third-order valence-corrected chi connectivity index (χ3v) is 4.21. The number of rotatable bonds is 7. The molecule has 0 aliphatic carbocycles. The van der Waals surface area contributed by atoms with Crippen molar-refractivity contribution in [3.63, 3.8) is 0 Å². The van der Waals surface area contributed by atoms with Gasteiger partial charge >= 0.3 is 0 Å². The zero-order valence-corrected chi connectivity index (χ0v) is 16.7. The van der Waals surface area contributed by atoms with E-state index in [1.165, 1.54) is 0 Å². The van der Waals surface area contributed by atoms with Crippen LogP contribution in [0.15, 0.2) is 40.9 Å². The van der Waals surface area contributed by atoms with Crippen molar-refractivity contribution in [2.75, 3.05) is 11.2 Å². The first-order valence-corrected chi connectivity index (χ1v) is 9.69. The Balaban J connectivity index is 1.92. The van der Waals surface area contributed by atoms with E-state index in [0.29, 0.717) is 34.4 Å². The molecular weight excluding hydrogens is 447 g/mol. The molecule has 7 heteroatoms. The highest BCUT2D eigenvalue weighted by molar-refractivity contribution is 14.1. The molecule has 0 aliphatic rings. The summed E-state index contributed by atoms with van der Waals surface area (Å²) in [6.45, 7) is 4.44. The van der Waals surface area contributed by atoms with Crippen molar-refractivity contribution in [3.8, 4) is 34.3 Å². The first kappa shape index (κ1) is 18.7. The highest BCUT2D eigenvalue weighted by Gasteiger charge is 2.14. The average Bonchev–Trinajstić information content (AvgIpc) is 3.13. The summed E-state index contributed by atoms with van der Waals surface area (Å²) in [7, 11) is 0. The van der Waals surface area contributed by atoms with E-state index < -0.39 is 0 Å². The van der Waals surface area contributed by atoms with Crippen molar-refractivity contribution in [1.29, 1.82) is 0 Å². The third-order valence-electron chi connectivity index (χ3n) is 3.90. The van der Waals surface area contributed by atoms with Gasteiger partial charge in [0.15, 0.2) is 11.5 Å². The Kier molecular flexibility index (Phi) is 6.10. The van der Waals surface area contributed by atoms with Gasteiger partial charge in [-0.25, -0.2) is 0 Å². The maximum atomic E-state index is 9.29. The summed E-state index contributed by atoms with van der Waals surface area (Å²) in [5.41, 5.74) is 3.46. The highest BCUT2D eigenvalue weighted by atomic mass is 127. The Morgan fingerprint density at radius 2 is 1.88 bits per heavy atom. The van der Waals surface area contributed by atoms with E-state index in [9.17, 15) is 5.11 Å². The number of aromatic nitrogens is 2. The Hall–Kier alpha value is -2.13. The van der Waals surface area contributed by atoms with Crippen LogP contribution in [0.5, 0.6) is 11.5 Å². The molecule has 0 spiro atoms. The molecule has 1 heterocycles. The molecule has 0 atom stereocenters. The van der Waals surface area contributed by atoms with Gasteiger partial charge in [-0.15, -0.1) is 0 Å². The fourth-order valence-electron chi connectivity index (χ4n) is 2.56. The molecule has 0 aliphatic heterocycles. The van der Waals surface area contributed by atoms with Crippen molar-refractivity contribution in [2.45, 2.75) is 20.5 Å². The van der Waals surface area contributed by atoms with Crippen LogP contribution in [0.1, 0.15) is 18.1 Å². The summed E-state index contributed by atoms with van der Waals surface area (Å²) in [6.07, 6.45) is 0. The zero-order chi connectivity index (χ0) is 18.5. The second-order valence-corrected chi connectivity index (χ2v) is 6.19. The molecule has 0 saturated carbocycles. The molecule has 1 N–H and O–H groups in total. The number of hydrogen-bond acceptors (Lipinski definition) is 6. The van der Waals surface area contributed by atoms with E-state index in [0.717, 1.165) is 22.3 Å². The third kappa shape index (κ3) is 3.99. The molecule has 0 bridgehead atoms. The summed E-state index contributed by atoms with van der Waals surface area (Å²) >= 11 is 2.14. The molecule has 0 radical (unpaired) electrons. The van der Waals surface area contributed by atoms with Gasteiger partial charge in [0.1, 0.15) is 4.61 Å². The van der Waals surface area contributed by atoms with Crippen LogP contribution in [-0.2, 0) is 6.61 Å². The molecule has 6 nitrogen and oxygen atoms in total. The van der Waals surface area contributed by atoms with Crippen LogP contribution in [0.3, 0.4) is 0 Å². The monoisotopic (exact) mass is 466 g/mol. The molecule has 2 aromatic carbocycles. The summed E-state index contributed by atoms with van der Waals surface area (Å²) in [5, 5.41) is 13.4. The Morgan fingerprint density at radius 1 is 1.08 bits per heavy atom. The number of aryl methyl sites for hydroxylation is 1. The topological polar surface area (TPSA) is 77.6 Å². The van der Waals surface area contributed by atoms with Crippen LogP contribution < -0.4 is 9.47 Å². The standard InChI is InChI=1S/C19H19IN2O4/c1-3-24-16-7-6-14(9-17(16)25-11-20)19-21-18(22-26-19)13-4-5-15(10-23)12(2)8-13/h4-9,23H,3,10-11H2,1-2H3. The van der Waals surface area contributed by atoms with Gasteiger partial charge in [-0.3, -0.25) is 0 Å². The van der Waals surface area contributed by atoms with Gasteiger partial charge in [0.2, 0.25) is 5.82 Å². The lowest BCUT2D eigenvalue weighted by Gasteiger charge is -2.10. The van der Waals surface area contributed by atoms with Gasteiger partial charge in [-0.05, 0) is 71.8 Å². The molecule has 3 aromatic rings. The average molecular weight is 466 g/mol. The predicted octanol–water partition coefficient (Wildman–Crippen LogP) is 4.37. The van der Waals surface area contributed by atoms with Crippen LogP contribution in [0.2, 0.25) is 0 Å². The van der Waals surface area contributed by atoms with E-state index in [1.54, 1.807) is 0 Å². The maximum Gasteiger partial charge on any atom is 0.258 e. The number of halogens is 1. The predicted molar refractivity (Wildman–Crippen MR) is 107 cm³/mol. The summed E-state index contributed by atoms with van der Waals surface area (Å²) < 4.78 is 17.1. The van der Waals surface area contributed by atoms with Gasteiger partial charge in [0.05, 0.1) is 13.2 Å². The van der Waals surface area contributed by atoms with Crippen molar-refractivity contribution < 1.29 is 19.1 Å². The van der Waals surface area contributed by atoms with Crippen molar-refractivity contribution in [1.82, 2.24) is 10.1 Å². The summed E-state index contributed by atoms with van der Waals surface area (Å²) in [5.74, 6) is 2.23. The maximum absolute atomic E-state index is 9.29. The normalized spacial score (nSPS) is 10.8. The van der Waals surface area contributed by atoms with Crippen LogP contribution in [0, 0.1) is 6.92 Å². The van der Waals surface area contributed by atoms with Gasteiger partial charge in [0, 0.05) is 11.1 Å². The van der Waals surface area contributed by atoms with Crippen LogP contribution >= 0.6 is 22.6 Å². The Labute approximate surface area is 165 Å². The second-order valence-electron chi connectivity index (χ2n) is 5.57. The summed E-state index contributed by atoms with van der Waals surface area (Å²) in [4.78, 5) is 4.49. The van der Waals surface area contributed by atoms with Gasteiger partial charge in [-0.2, -0.15) is 4.98 Å². The van der Waals surface area contributed by atoms with Crippen molar-refractivity contribution in [2.24, 2.45) is 0 Å². The summed E-state index contributed by atoms with van der Waals surface area (Å²) in [6, 6.07) is 11.2. The first-order valence-electron chi connectivity index (χ1n) is 8.16. The Morgan fingerprint density at radius 3 is 2.58 bits per heavy atom. The lowest BCUT2D eigenvalue weighted by molar-refractivity contribution is 0.281. The van der Waals surface area contributed by atoms with Gasteiger partial charge < -0.3 is 19.1 Å². The Bertz CT molecular complexity index is 895. The van der Waals surface area contributed by atoms with E-state index >= 15 is 0 Å². The van der Waals surface area contributed by atoms with Gasteiger partial charge in [-0.1, -0.05) is 17.3 Å². The number of alkyl halides is 1. The quantitative estimate of drug-likeness (QED) is 0.412. The minimum Gasteiger partial charge on any atom is -0.490 e. The number of aliphatic hydroxyl groups excluding tert-OH is 1. The van der Waals surface area contributed by atoms with E-state index in [-0.39, 0.29) is 6.61 Å². The van der Waals surface area contributed by atoms with E-state index in [4.69, 9.17) is 14.0 Å². The van der Waals surface area contributed by atoms with Crippen molar-refractivity contribution >= 4 is 22.6 Å². The van der Waals surface area contributed by atoms with E-state index in [1.807, 2.05) is 50.2 Å². The lowest BCUT2D eigenvalue weighted by atomic mass is 10.1. The number of aliphatic hydroxyl groups is 1. The molecule has 0 saturated heterocycles. The van der Waals surface area contributed by atoms with Crippen molar-refractivity contribution in [3.05, 3.63) is 47.5 Å². The SMILES string of the molecule is CCOc1ccc(-c2nc(-c3ccc(CO)c(C)c3)no2)cc1OCI. The lowest BCUT2D eigenvalue weighted by Crippen LogP contribution is -1.97. The fourth-order valence-corrected chi connectivity index (χ4v) is 2.89. The first-order chi connectivity index (χ1) is 12.7. The van der Waals surface area contributed by atoms with Crippen LogP contribution in [0.25, 0.3) is 22.8 Å². The molecule has 3 rings (SSSR count). The molecule has 0 amide bonds. The van der Waals surface area contributed by atoms with Crippen LogP contribution in [0.4, 0.5) is 0 Å². The number of hydrogen-bond donors (Lipinski definition) is 1. The highest BCUT2D eigenvalue weighted by Crippen LogP contribution is 2.33. The smallest absolute Gasteiger partial charge is 0.258 e. The molecule has 1 aromatic heterocycles. The largest absolute Gasteiger partial charge is 0.490 e. The minimum absolute atomic E-state index is 0.00930. The number of ether oxygens (including phenoxy) is 2. The van der Waals surface area contributed by atoms with E-state index in [2.05, 4.69) is 32.7 Å². The number of benzene rings is 2. The second kappa shape index (κ2) is 8.50. The van der Waals surface area contributed by atoms with Crippen LogP contribution in [-0.4, -0.2) is 26.5 Å². The molecule has 136 valence electrons. The molecule has 0 unspecified atom stereocenters. The fraction of sp³-hybridized carbons (Fsp3) is 0.263. The molecule has 26 heavy (non-hydrogen) atoms. The van der Waals surface area contributed by atoms with Gasteiger partial charge in [0.25, 0.3) is 5.89 Å².